The topological polar surface area (TPSA) is 49.3 Å². The first-order valence-corrected chi connectivity index (χ1v) is 6.28. The molecule has 5 heteroatoms. The largest absolute Gasteiger partial charge is 0.391 e. The fraction of sp³-hybridized carbons (Fsp3) is 0.500. The van der Waals surface area contributed by atoms with Crippen LogP contribution in [0.4, 0.5) is 8.78 Å². The van der Waals surface area contributed by atoms with Gasteiger partial charge in [0.15, 0.2) is 0 Å². The molecule has 0 heterocycles. The molecular weight excluding hydrogens is 252 g/mol. The van der Waals surface area contributed by atoms with Crippen molar-refractivity contribution in [3.8, 4) is 0 Å². The number of carbonyl (C=O) groups excluding carboxylic acids is 1. The van der Waals surface area contributed by atoms with Crippen LogP contribution in [0.3, 0.4) is 0 Å². The molecule has 0 aromatic heterocycles. The first-order valence-electron chi connectivity index (χ1n) is 6.28. The van der Waals surface area contributed by atoms with E-state index in [0.717, 1.165) is 12.5 Å². The molecular formula is C14H19F2NO2. The van der Waals surface area contributed by atoms with Crippen LogP contribution in [0.2, 0.25) is 0 Å². The standard InChI is InChI=1S/C14H19F2NO2/c1-4-8(2)13(18)7-17-14(19)10-5-9(3)11(15)6-12(10)16/h5-6,8,13,18H,4,7H2,1-3H3,(H,17,19). The number of hydrogen-bond donors (Lipinski definition) is 2. The van der Waals surface area contributed by atoms with E-state index in [1.807, 2.05) is 13.8 Å². The molecule has 0 aliphatic carbocycles. The summed E-state index contributed by atoms with van der Waals surface area (Å²) in [4.78, 5) is 11.8. The van der Waals surface area contributed by atoms with Gasteiger partial charge in [-0.2, -0.15) is 0 Å². The van der Waals surface area contributed by atoms with Crippen molar-refractivity contribution in [1.29, 1.82) is 0 Å². The molecule has 2 unspecified atom stereocenters. The van der Waals surface area contributed by atoms with E-state index in [9.17, 15) is 18.7 Å². The number of rotatable bonds is 5. The van der Waals surface area contributed by atoms with Gasteiger partial charge in [0, 0.05) is 12.6 Å². The van der Waals surface area contributed by atoms with Crippen LogP contribution in [0.25, 0.3) is 0 Å². The Labute approximate surface area is 111 Å². The van der Waals surface area contributed by atoms with E-state index in [0.29, 0.717) is 6.07 Å². The number of aliphatic hydroxyl groups excluding tert-OH is 1. The quantitative estimate of drug-likeness (QED) is 0.864. The Balaban J connectivity index is 2.71. The van der Waals surface area contributed by atoms with E-state index in [4.69, 9.17) is 0 Å². The van der Waals surface area contributed by atoms with Crippen molar-refractivity contribution in [3.63, 3.8) is 0 Å². The van der Waals surface area contributed by atoms with Gasteiger partial charge in [0.05, 0.1) is 11.7 Å². The highest BCUT2D eigenvalue weighted by Crippen LogP contribution is 2.14. The zero-order chi connectivity index (χ0) is 14.6. The second-order valence-corrected chi connectivity index (χ2v) is 4.74. The summed E-state index contributed by atoms with van der Waals surface area (Å²) in [6.07, 6.45) is 0.0969. The number of benzene rings is 1. The highest BCUT2D eigenvalue weighted by atomic mass is 19.1. The predicted molar refractivity (Wildman–Crippen MR) is 68.9 cm³/mol. The van der Waals surface area contributed by atoms with Crippen LogP contribution >= 0.6 is 0 Å². The van der Waals surface area contributed by atoms with E-state index in [-0.39, 0.29) is 23.6 Å². The van der Waals surface area contributed by atoms with E-state index < -0.39 is 23.6 Å². The number of hydrogen-bond acceptors (Lipinski definition) is 2. The van der Waals surface area contributed by atoms with Gasteiger partial charge in [0.1, 0.15) is 11.6 Å². The highest BCUT2D eigenvalue weighted by Gasteiger charge is 2.17. The van der Waals surface area contributed by atoms with Crippen LogP contribution in [0.15, 0.2) is 12.1 Å². The third-order valence-electron chi connectivity index (χ3n) is 3.27. The van der Waals surface area contributed by atoms with Gasteiger partial charge >= 0.3 is 0 Å². The number of aryl methyl sites for hydroxylation is 1. The first kappa shape index (κ1) is 15.6. The maximum absolute atomic E-state index is 13.5. The lowest BCUT2D eigenvalue weighted by molar-refractivity contribution is 0.0846. The van der Waals surface area contributed by atoms with E-state index >= 15 is 0 Å². The normalized spacial score (nSPS) is 14.0. The maximum atomic E-state index is 13.5. The summed E-state index contributed by atoms with van der Waals surface area (Å²) in [5, 5.41) is 12.2. The SMILES string of the molecule is CCC(C)C(O)CNC(=O)c1cc(C)c(F)cc1F. The average molecular weight is 271 g/mol. The Morgan fingerprint density at radius 2 is 2.00 bits per heavy atom. The summed E-state index contributed by atoms with van der Waals surface area (Å²) in [7, 11) is 0. The van der Waals surface area contributed by atoms with Crippen molar-refractivity contribution < 1.29 is 18.7 Å². The van der Waals surface area contributed by atoms with Crippen molar-refractivity contribution in [3.05, 3.63) is 34.9 Å². The summed E-state index contributed by atoms with van der Waals surface area (Å²) in [6.45, 7) is 5.29. The van der Waals surface area contributed by atoms with Crippen LogP contribution in [-0.2, 0) is 0 Å². The second kappa shape index (κ2) is 6.61. The minimum absolute atomic E-state index is 0.0418. The number of amides is 1. The molecule has 1 aromatic carbocycles. The lowest BCUT2D eigenvalue weighted by atomic mass is 10.0. The van der Waals surface area contributed by atoms with Gasteiger partial charge in [-0.05, 0) is 24.5 Å². The molecule has 0 spiro atoms. The van der Waals surface area contributed by atoms with Gasteiger partial charge in [-0.15, -0.1) is 0 Å². The van der Waals surface area contributed by atoms with Crippen LogP contribution in [0, 0.1) is 24.5 Å². The minimum Gasteiger partial charge on any atom is -0.391 e. The summed E-state index contributed by atoms with van der Waals surface area (Å²) in [5.41, 5.74) is -0.00993. The molecule has 1 amide bonds. The van der Waals surface area contributed by atoms with E-state index in [2.05, 4.69) is 5.32 Å². The molecule has 1 rings (SSSR count). The maximum Gasteiger partial charge on any atom is 0.254 e. The molecule has 106 valence electrons. The van der Waals surface area contributed by atoms with Gasteiger partial charge in [-0.1, -0.05) is 20.3 Å². The summed E-state index contributed by atoms with van der Waals surface area (Å²) in [5.74, 6) is -2.20. The monoisotopic (exact) mass is 271 g/mol. The molecule has 0 fully saturated rings. The van der Waals surface area contributed by atoms with Gasteiger partial charge < -0.3 is 10.4 Å². The fourth-order valence-corrected chi connectivity index (χ4v) is 1.60. The van der Waals surface area contributed by atoms with E-state index in [1.165, 1.54) is 6.92 Å². The highest BCUT2D eigenvalue weighted by molar-refractivity contribution is 5.94. The van der Waals surface area contributed by atoms with E-state index in [1.54, 1.807) is 0 Å². The molecule has 0 bridgehead atoms. The Hall–Kier alpha value is -1.49. The fourth-order valence-electron chi connectivity index (χ4n) is 1.60. The lowest BCUT2D eigenvalue weighted by Gasteiger charge is -2.17. The Bertz CT molecular complexity index is 463. The number of carbonyl (C=O) groups is 1. The van der Waals surface area contributed by atoms with Crippen molar-refractivity contribution in [1.82, 2.24) is 5.32 Å². The van der Waals surface area contributed by atoms with Gasteiger partial charge in [-0.3, -0.25) is 4.79 Å². The molecule has 1 aromatic rings. The van der Waals surface area contributed by atoms with Crippen LogP contribution in [-0.4, -0.2) is 23.7 Å². The van der Waals surface area contributed by atoms with Crippen LogP contribution in [0.1, 0.15) is 36.2 Å². The zero-order valence-corrected chi connectivity index (χ0v) is 11.3. The summed E-state index contributed by atoms with van der Waals surface area (Å²) >= 11 is 0. The van der Waals surface area contributed by atoms with Gasteiger partial charge in [0.2, 0.25) is 0 Å². The summed E-state index contributed by atoms with van der Waals surface area (Å²) in [6, 6.07) is 1.85. The van der Waals surface area contributed by atoms with Gasteiger partial charge in [-0.25, -0.2) is 8.78 Å². The predicted octanol–water partition coefficient (Wildman–Crippen LogP) is 2.41. The smallest absolute Gasteiger partial charge is 0.254 e. The third-order valence-corrected chi connectivity index (χ3v) is 3.27. The first-order chi connectivity index (χ1) is 8.86. The molecule has 0 aliphatic heterocycles. The summed E-state index contributed by atoms with van der Waals surface area (Å²) < 4.78 is 26.5. The lowest BCUT2D eigenvalue weighted by Crippen LogP contribution is -2.35. The van der Waals surface area contributed by atoms with Crippen molar-refractivity contribution in [2.75, 3.05) is 6.54 Å². The Morgan fingerprint density at radius 3 is 2.58 bits per heavy atom. The van der Waals surface area contributed by atoms with Crippen molar-refractivity contribution in [2.45, 2.75) is 33.3 Å². The van der Waals surface area contributed by atoms with Gasteiger partial charge in [0.25, 0.3) is 5.91 Å². The molecule has 0 saturated heterocycles. The molecule has 2 N–H and O–H groups in total. The third kappa shape index (κ3) is 3.99. The molecule has 0 aliphatic rings. The second-order valence-electron chi connectivity index (χ2n) is 4.74. The molecule has 0 saturated carbocycles. The molecule has 19 heavy (non-hydrogen) atoms. The molecule has 3 nitrogen and oxygen atoms in total. The van der Waals surface area contributed by atoms with Crippen molar-refractivity contribution in [2.24, 2.45) is 5.92 Å². The Kier molecular flexibility index (Phi) is 5.42. The molecule has 2 atom stereocenters. The number of nitrogens with one attached hydrogen (secondary N) is 1. The minimum atomic E-state index is -0.904. The Morgan fingerprint density at radius 1 is 1.37 bits per heavy atom. The zero-order valence-electron chi connectivity index (χ0n) is 11.3. The van der Waals surface area contributed by atoms with Crippen LogP contribution < -0.4 is 5.32 Å². The molecule has 0 radical (unpaired) electrons. The number of aliphatic hydroxyl groups is 1. The van der Waals surface area contributed by atoms with Crippen molar-refractivity contribution >= 4 is 5.91 Å². The average Bonchev–Trinajstić information content (AvgIpc) is 2.38. The number of halogens is 2. The van der Waals surface area contributed by atoms with Crippen LogP contribution in [0.5, 0.6) is 0 Å².